The topological polar surface area (TPSA) is 73.3 Å². The fourth-order valence-electron chi connectivity index (χ4n) is 3.34. The molecule has 0 bridgehead atoms. The minimum absolute atomic E-state index is 0.0164. The highest BCUT2D eigenvalue weighted by molar-refractivity contribution is 5.04. The summed E-state index contributed by atoms with van der Waals surface area (Å²) in [6.45, 7) is 4.44. The maximum atomic E-state index is 6.18. The van der Waals surface area contributed by atoms with Crippen molar-refractivity contribution in [2.75, 3.05) is 0 Å². The van der Waals surface area contributed by atoms with Gasteiger partial charge in [0.1, 0.15) is 6.23 Å². The van der Waals surface area contributed by atoms with Crippen LogP contribution in [0.4, 0.5) is 0 Å². The molecule has 1 saturated carbocycles. The second kappa shape index (κ2) is 3.45. The Kier molecular flexibility index (Phi) is 2.55. The molecule has 0 radical (unpaired) electrons. The fraction of sp³-hybridized carbons (Fsp3) is 1.00. The average Bonchev–Trinajstić information content (AvgIpc) is 2.41. The Morgan fingerprint density at radius 2 is 2.14 bits per heavy atom. The highest BCUT2D eigenvalue weighted by Crippen LogP contribution is 2.49. The third-order valence-corrected chi connectivity index (χ3v) is 4.19. The summed E-state index contributed by atoms with van der Waals surface area (Å²) in [4.78, 5) is 5.02. The van der Waals surface area contributed by atoms with Crippen LogP contribution in [-0.2, 0) is 4.84 Å². The van der Waals surface area contributed by atoms with E-state index in [4.69, 9.17) is 16.5 Å². The van der Waals surface area contributed by atoms with Gasteiger partial charge >= 0.3 is 0 Å². The first-order valence-corrected chi connectivity index (χ1v) is 5.45. The number of nitrogens with two attached hydrogens (primary N) is 2. The van der Waals surface area contributed by atoms with Gasteiger partial charge in [-0.25, -0.2) is 5.90 Å². The molecule has 1 saturated heterocycles. The van der Waals surface area contributed by atoms with E-state index in [0.29, 0.717) is 18.0 Å². The Labute approximate surface area is 85.3 Å². The van der Waals surface area contributed by atoms with Gasteiger partial charge in [0.2, 0.25) is 0 Å². The molecule has 0 aromatic heterocycles. The van der Waals surface area contributed by atoms with E-state index < -0.39 is 0 Å². The normalized spacial score (nSPS) is 53.1. The first-order chi connectivity index (χ1) is 6.58. The number of nitrogens with one attached hydrogen (secondary N) is 1. The van der Waals surface area contributed by atoms with Gasteiger partial charge in [0, 0.05) is 18.0 Å². The van der Waals surface area contributed by atoms with E-state index in [2.05, 4.69) is 19.2 Å². The molecular formula is C10H21N3O. The van der Waals surface area contributed by atoms with Crippen molar-refractivity contribution in [1.82, 2.24) is 5.32 Å². The molecule has 14 heavy (non-hydrogen) atoms. The van der Waals surface area contributed by atoms with Gasteiger partial charge in [-0.1, -0.05) is 6.92 Å². The lowest BCUT2D eigenvalue weighted by atomic mass is 9.69. The monoisotopic (exact) mass is 199 g/mol. The lowest BCUT2D eigenvalue weighted by Gasteiger charge is -2.46. The molecule has 3 unspecified atom stereocenters. The first-order valence-electron chi connectivity index (χ1n) is 5.45. The smallest absolute Gasteiger partial charge is 0.132 e. The molecule has 0 aromatic rings. The molecule has 2 rings (SSSR count). The van der Waals surface area contributed by atoms with Crippen molar-refractivity contribution in [3.63, 3.8) is 0 Å². The van der Waals surface area contributed by atoms with Crippen LogP contribution in [0.5, 0.6) is 0 Å². The maximum Gasteiger partial charge on any atom is 0.132 e. The van der Waals surface area contributed by atoms with Crippen molar-refractivity contribution >= 4 is 0 Å². The zero-order chi connectivity index (χ0) is 10.3. The SMILES string of the molecule is CC1C[C@]2(C)C(CC[C@H]2N)C(ON)N1. The summed E-state index contributed by atoms with van der Waals surface area (Å²) >= 11 is 0. The number of hydrogen-bond acceptors (Lipinski definition) is 4. The van der Waals surface area contributed by atoms with E-state index in [1.54, 1.807) is 0 Å². The molecule has 0 aromatic carbocycles. The molecule has 2 aliphatic rings. The second-order valence-electron chi connectivity index (χ2n) is 5.12. The molecule has 5 atom stereocenters. The second-order valence-corrected chi connectivity index (χ2v) is 5.12. The fourth-order valence-corrected chi connectivity index (χ4v) is 3.34. The highest BCUT2D eigenvalue weighted by Gasteiger charge is 2.52. The van der Waals surface area contributed by atoms with Crippen molar-refractivity contribution in [2.24, 2.45) is 23.0 Å². The Balaban J connectivity index is 2.21. The van der Waals surface area contributed by atoms with E-state index in [1.807, 2.05) is 0 Å². The molecule has 1 heterocycles. The average molecular weight is 199 g/mol. The number of piperidine rings is 1. The predicted octanol–water partition coefficient (Wildman–Crippen LogP) is 0.328. The van der Waals surface area contributed by atoms with Crippen LogP contribution in [0.15, 0.2) is 0 Å². The molecule has 5 N–H and O–H groups in total. The predicted molar refractivity (Wildman–Crippen MR) is 55.1 cm³/mol. The Morgan fingerprint density at radius 1 is 1.43 bits per heavy atom. The molecule has 4 heteroatoms. The van der Waals surface area contributed by atoms with Crippen molar-refractivity contribution in [3.05, 3.63) is 0 Å². The molecule has 0 amide bonds. The summed E-state index contributed by atoms with van der Waals surface area (Å²) < 4.78 is 0. The summed E-state index contributed by atoms with van der Waals surface area (Å²) in [6.07, 6.45) is 3.32. The molecule has 2 fully saturated rings. The largest absolute Gasteiger partial charge is 0.327 e. The van der Waals surface area contributed by atoms with Crippen molar-refractivity contribution < 1.29 is 4.84 Å². The van der Waals surface area contributed by atoms with E-state index >= 15 is 0 Å². The quantitative estimate of drug-likeness (QED) is 0.532. The lowest BCUT2D eigenvalue weighted by molar-refractivity contribution is -0.0832. The van der Waals surface area contributed by atoms with Gasteiger partial charge in [-0.15, -0.1) is 0 Å². The van der Waals surface area contributed by atoms with Gasteiger partial charge in [0.05, 0.1) is 0 Å². The number of rotatable bonds is 1. The number of fused-ring (bicyclic) bond motifs is 1. The van der Waals surface area contributed by atoms with E-state index in [-0.39, 0.29) is 11.6 Å². The van der Waals surface area contributed by atoms with Crippen LogP contribution in [0, 0.1) is 11.3 Å². The van der Waals surface area contributed by atoms with Gasteiger partial charge < -0.3 is 5.73 Å². The van der Waals surface area contributed by atoms with Gasteiger partial charge in [-0.2, -0.15) is 0 Å². The molecule has 0 spiro atoms. The molecular weight excluding hydrogens is 178 g/mol. The molecule has 82 valence electrons. The summed E-state index contributed by atoms with van der Waals surface area (Å²) in [5.41, 5.74) is 6.38. The van der Waals surface area contributed by atoms with Gasteiger partial charge in [-0.05, 0) is 31.6 Å². The Bertz CT molecular complexity index is 223. The van der Waals surface area contributed by atoms with Crippen molar-refractivity contribution in [2.45, 2.75) is 51.4 Å². The van der Waals surface area contributed by atoms with Gasteiger partial charge in [0.15, 0.2) is 0 Å². The third kappa shape index (κ3) is 1.37. The Hall–Kier alpha value is -0.160. The van der Waals surface area contributed by atoms with Gasteiger partial charge in [0.25, 0.3) is 0 Å². The summed E-state index contributed by atoms with van der Waals surface area (Å²) in [5.74, 6) is 5.79. The molecule has 1 aliphatic heterocycles. The van der Waals surface area contributed by atoms with E-state index in [1.165, 1.54) is 0 Å². The van der Waals surface area contributed by atoms with Crippen LogP contribution in [-0.4, -0.2) is 18.3 Å². The lowest BCUT2D eigenvalue weighted by Crippen LogP contribution is -2.58. The maximum absolute atomic E-state index is 6.18. The Morgan fingerprint density at radius 3 is 2.79 bits per heavy atom. The van der Waals surface area contributed by atoms with Crippen LogP contribution in [0.3, 0.4) is 0 Å². The third-order valence-electron chi connectivity index (χ3n) is 4.19. The van der Waals surface area contributed by atoms with Crippen molar-refractivity contribution in [1.29, 1.82) is 0 Å². The van der Waals surface area contributed by atoms with Crippen LogP contribution in [0.1, 0.15) is 33.1 Å². The van der Waals surface area contributed by atoms with E-state index in [9.17, 15) is 0 Å². The minimum Gasteiger partial charge on any atom is -0.327 e. The number of hydrogen-bond donors (Lipinski definition) is 3. The zero-order valence-corrected chi connectivity index (χ0v) is 8.99. The molecule has 4 nitrogen and oxygen atoms in total. The van der Waals surface area contributed by atoms with Crippen LogP contribution < -0.4 is 16.9 Å². The standard InChI is InChI=1S/C10H21N3O/c1-6-5-10(2)7(3-4-8(10)11)9(13-6)14-12/h6-9,13H,3-5,11-12H2,1-2H3/t6?,7?,8-,9?,10-/m1/s1. The van der Waals surface area contributed by atoms with Gasteiger partial charge in [-0.3, -0.25) is 10.2 Å². The van der Waals surface area contributed by atoms with Crippen LogP contribution in [0.2, 0.25) is 0 Å². The first kappa shape index (κ1) is 10.4. The van der Waals surface area contributed by atoms with Crippen LogP contribution >= 0.6 is 0 Å². The highest BCUT2D eigenvalue weighted by atomic mass is 16.6. The summed E-state index contributed by atoms with van der Waals surface area (Å²) in [6, 6.07) is 0.739. The minimum atomic E-state index is -0.0164. The molecule has 1 aliphatic carbocycles. The zero-order valence-electron chi connectivity index (χ0n) is 8.99. The van der Waals surface area contributed by atoms with Crippen molar-refractivity contribution in [3.8, 4) is 0 Å². The summed E-state index contributed by atoms with van der Waals surface area (Å²) in [7, 11) is 0. The van der Waals surface area contributed by atoms with Crippen LogP contribution in [0.25, 0.3) is 0 Å². The summed E-state index contributed by atoms with van der Waals surface area (Å²) in [5, 5.41) is 3.38. The van der Waals surface area contributed by atoms with E-state index in [0.717, 1.165) is 19.3 Å².